The van der Waals surface area contributed by atoms with Gasteiger partial charge in [-0.3, -0.25) is 9.10 Å². The number of hydrogen-bond acceptors (Lipinski definition) is 5. The molecule has 4 rings (SSSR count). The molecular formula is C24H23ClN2O5S. The molecule has 1 heterocycles. The molecule has 0 saturated carbocycles. The van der Waals surface area contributed by atoms with Crippen molar-refractivity contribution < 1.29 is 22.7 Å². The van der Waals surface area contributed by atoms with Crippen LogP contribution in [-0.2, 0) is 10.0 Å². The molecule has 1 aliphatic rings. The van der Waals surface area contributed by atoms with Crippen molar-refractivity contribution in [2.45, 2.75) is 17.9 Å². The third-order valence-electron chi connectivity index (χ3n) is 5.34. The first-order valence-corrected chi connectivity index (χ1v) is 12.1. The Balaban J connectivity index is 1.53. The van der Waals surface area contributed by atoms with Gasteiger partial charge in [0.25, 0.3) is 15.9 Å². The largest absolute Gasteiger partial charge is 0.486 e. The molecular weight excluding hydrogens is 464 g/mol. The van der Waals surface area contributed by atoms with E-state index in [1.807, 2.05) is 25.1 Å². The van der Waals surface area contributed by atoms with Gasteiger partial charge in [0, 0.05) is 17.6 Å². The summed E-state index contributed by atoms with van der Waals surface area (Å²) in [6, 6.07) is 17.7. The van der Waals surface area contributed by atoms with Gasteiger partial charge in [-0.15, -0.1) is 0 Å². The molecule has 33 heavy (non-hydrogen) atoms. The third-order valence-corrected chi connectivity index (χ3v) is 7.36. The van der Waals surface area contributed by atoms with E-state index in [0.717, 1.165) is 9.87 Å². The van der Waals surface area contributed by atoms with Crippen molar-refractivity contribution in [3.05, 3.63) is 82.9 Å². The van der Waals surface area contributed by atoms with Crippen LogP contribution in [0.5, 0.6) is 11.5 Å². The highest BCUT2D eigenvalue weighted by atomic mass is 35.5. The molecule has 3 aromatic rings. The molecule has 0 aromatic heterocycles. The number of rotatable bonds is 6. The second-order valence-electron chi connectivity index (χ2n) is 7.58. The van der Waals surface area contributed by atoms with Crippen molar-refractivity contribution in [1.82, 2.24) is 5.32 Å². The van der Waals surface area contributed by atoms with Crippen molar-refractivity contribution in [2.24, 2.45) is 0 Å². The lowest BCUT2D eigenvalue weighted by Gasteiger charge is -2.21. The summed E-state index contributed by atoms with van der Waals surface area (Å²) in [5.74, 6) is 0.919. The summed E-state index contributed by atoms with van der Waals surface area (Å²) >= 11 is 6.00. The number of anilines is 1. The summed E-state index contributed by atoms with van der Waals surface area (Å²) in [6.07, 6.45) is 0. The predicted molar refractivity (Wildman–Crippen MR) is 127 cm³/mol. The Hall–Kier alpha value is -3.23. The van der Waals surface area contributed by atoms with Crippen LogP contribution in [0.1, 0.15) is 28.9 Å². The van der Waals surface area contributed by atoms with Crippen LogP contribution in [0.15, 0.2) is 71.6 Å². The number of amides is 1. The first-order chi connectivity index (χ1) is 15.8. The van der Waals surface area contributed by atoms with E-state index in [9.17, 15) is 13.2 Å². The number of fused-ring (bicyclic) bond motifs is 1. The second-order valence-corrected chi connectivity index (χ2v) is 9.98. The van der Waals surface area contributed by atoms with E-state index in [0.29, 0.717) is 35.4 Å². The molecule has 7 nitrogen and oxygen atoms in total. The summed E-state index contributed by atoms with van der Waals surface area (Å²) in [4.78, 5) is 12.9. The van der Waals surface area contributed by atoms with Gasteiger partial charge >= 0.3 is 0 Å². The molecule has 9 heteroatoms. The number of nitrogens with zero attached hydrogens (tertiary/aromatic N) is 1. The fourth-order valence-corrected chi connectivity index (χ4v) is 4.88. The first kappa shape index (κ1) is 22.9. The van der Waals surface area contributed by atoms with Crippen LogP contribution >= 0.6 is 11.6 Å². The van der Waals surface area contributed by atoms with Gasteiger partial charge in [-0.05, 0) is 61.0 Å². The number of hydrogen-bond donors (Lipinski definition) is 1. The fraction of sp³-hybridized carbons (Fsp3) is 0.208. The van der Waals surface area contributed by atoms with Crippen LogP contribution in [0, 0.1) is 0 Å². The smallest absolute Gasteiger partial charge is 0.264 e. The molecule has 1 aliphatic heterocycles. The average molecular weight is 487 g/mol. The zero-order chi connectivity index (χ0) is 23.6. The number of benzene rings is 3. The van der Waals surface area contributed by atoms with E-state index in [-0.39, 0.29) is 22.4 Å². The predicted octanol–water partition coefficient (Wildman–Crippen LogP) is 4.43. The van der Waals surface area contributed by atoms with Crippen LogP contribution < -0.4 is 19.1 Å². The molecule has 1 amide bonds. The molecule has 0 spiro atoms. The molecule has 3 aromatic carbocycles. The van der Waals surface area contributed by atoms with Gasteiger partial charge < -0.3 is 14.8 Å². The highest BCUT2D eigenvalue weighted by Gasteiger charge is 2.23. The van der Waals surface area contributed by atoms with Gasteiger partial charge in [0.2, 0.25) is 0 Å². The molecule has 172 valence electrons. The van der Waals surface area contributed by atoms with Crippen molar-refractivity contribution in [3.63, 3.8) is 0 Å². The number of ether oxygens (including phenoxy) is 2. The Morgan fingerprint density at radius 2 is 1.73 bits per heavy atom. The van der Waals surface area contributed by atoms with Crippen LogP contribution in [0.2, 0.25) is 5.02 Å². The average Bonchev–Trinajstić information content (AvgIpc) is 2.83. The van der Waals surface area contributed by atoms with E-state index in [1.54, 1.807) is 36.4 Å². The highest BCUT2D eigenvalue weighted by Crippen LogP contribution is 2.32. The molecule has 0 bridgehead atoms. The molecule has 0 aliphatic carbocycles. The minimum Gasteiger partial charge on any atom is -0.486 e. The second kappa shape index (κ2) is 9.33. The SMILES string of the molecule is C[C@H](NC(=O)c1cccc(S(=O)(=O)N(C)c2cccc(Cl)c2)c1)c1ccc2c(c1)OCCO2. The summed E-state index contributed by atoms with van der Waals surface area (Å²) < 4.78 is 38.5. The maximum atomic E-state index is 13.1. The maximum absolute atomic E-state index is 13.1. The van der Waals surface area contributed by atoms with Gasteiger partial charge in [-0.1, -0.05) is 29.8 Å². The highest BCUT2D eigenvalue weighted by molar-refractivity contribution is 7.92. The van der Waals surface area contributed by atoms with E-state index in [1.165, 1.54) is 19.2 Å². The topological polar surface area (TPSA) is 84.9 Å². The molecule has 0 fully saturated rings. The van der Waals surface area contributed by atoms with E-state index >= 15 is 0 Å². The van der Waals surface area contributed by atoms with Gasteiger partial charge in [0.1, 0.15) is 13.2 Å². The summed E-state index contributed by atoms with van der Waals surface area (Å²) in [7, 11) is -2.45. The van der Waals surface area contributed by atoms with Crippen molar-refractivity contribution in [2.75, 3.05) is 24.6 Å². The number of carbonyl (C=O) groups is 1. The lowest BCUT2D eigenvalue weighted by atomic mass is 10.1. The summed E-state index contributed by atoms with van der Waals surface area (Å²) in [5.41, 5.74) is 1.50. The monoisotopic (exact) mass is 486 g/mol. The Kier molecular flexibility index (Phi) is 6.49. The van der Waals surface area contributed by atoms with Crippen LogP contribution in [0.25, 0.3) is 0 Å². The fourth-order valence-electron chi connectivity index (χ4n) is 3.46. The van der Waals surface area contributed by atoms with E-state index < -0.39 is 10.0 Å². The van der Waals surface area contributed by atoms with Gasteiger partial charge in [0.15, 0.2) is 11.5 Å². The normalized spacial score (nSPS) is 13.8. The van der Waals surface area contributed by atoms with Crippen LogP contribution in [0.4, 0.5) is 5.69 Å². The Labute approximate surface area is 197 Å². The molecule has 0 unspecified atom stereocenters. The zero-order valence-corrected chi connectivity index (χ0v) is 19.7. The van der Waals surface area contributed by atoms with Crippen LogP contribution in [0.3, 0.4) is 0 Å². The van der Waals surface area contributed by atoms with E-state index in [2.05, 4.69) is 5.32 Å². The lowest BCUT2D eigenvalue weighted by Crippen LogP contribution is -2.28. The van der Waals surface area contributed by atoms with Crippen LogP contribution in [-0.4, -0.2) is 34.6 Å². The number of carbonyl (C=O) groups excluding carboxylic acids is 1. The van der Waals surface area contributed by atoms with Gasteiger partial charge in [-0.2, -0.15) is 0 Å². The number of nitrogens with one attached hydrogen (secondary N) is 1. The minimum absolute atomic E-state index is 0.00427. The number of halogens is 1. The third kappa shape index (κ3) is 4.91. The van der Waals surface area contributed by atoms with E-state index in [4.69, 9.17) is 21.1 Å². The van der Waals surface area contributed by atoms with Crippen molar-refractivity contribution in [1.29, 1.82) is 0 Å². The Morgan fingerprint density at radius 3 is 2.48 bits per heavy atom. The minimum atomic E-state index is -3.89. The summed E-state index contributed by atoms with van der Waals surface area (Å²) in [6.45, 7) is 2.82. The first-order valence-electron chi connectivity index (χ1n) is 10.3. The molecule has 0 radical (unpaired) electrons. The van der Waals surface area contributed by atoms with Crippen molar-refractivity contribution in [3.8, 4) is 11.5 Å². The molecule has 1 atom stereocenters. The van der Waals surface area contributed by atoms with Crippen molar-refractivity contribution >= 4 is 33.2 Å². The number of sulfonamides is 1. The summed E-state index contributed by atoms with van der Waals surface area (Å²) in [5, 5.41) is 3.33. The Morgan fingerprint density at radius 1 is 1.00 bits per heavy atom. The Bertz CT molecular complexity index is 1300. The molecule has 0 saturated heterocycles. The lowest BCUT2D eigenvalue weighted by molar-refractivity contribution is 0.0939. The standard InChI is InChI=1S/C24H23ClN2O5S/c1-16(17-9-10-22-23(14-17)32-12-11-31-22)26-24(28)18-5-3-8-21(13-18)33(29,30)27(2)20-7-4-6-19(25)15-20/h3-10,13-16H,11-12H2,1-2H3,(H,26,28)/t16-/m0/s1. The maximum Gasteiger partial charge on any atom is 0.264 e. The zero-order valence-electron chi connectivity index (χ0n) is 18.1. The van der Waals surface area contributed by atoms with Gasteiger partial charge in [-0.25, -0.2) is 8.42 Å². The molecule has 1 N–H and O–H groups in total. The quantitative estimate of drug-likeness (QED) is 0.557. The van der Waals surface area contributed by atoms with Gasteiger partial charge in [0.05, 0.1) is 16.6 Å².